The van der Waals surface area contributed by atoms with E-state index in [-0.39, 0.29) is 31.9 Å². The van der Waals surface area contributed by atoms with Gasteiger partial charge in [0.2, 0.25) is 0 Å². The van der Waals surface area contributed by atoms with Crippen LogP contribution in [0, 0.1) is 6.33 Å². The van der Waals surface area contributed by atoms with Crippen molar-refractivity contribution in [2.45, 2.75) is 32.4 Å². The van der Waals surface area contributed by atoms with Gasteiger partial charge in [0.15, 0.2) is 0 Å². The molecule has 15 heavy (non-hydrogen) atoms. The summed E-state index contributed by atoms with van der Waals surface area (Å²) in [6, 6.07) is 1.21. The minimum Gasteiger partial charge on any atom is -0.433 e. The number of imidazole rings is 1. The van der Waals surface area contributed by atoms with Crippen LogP contribution in [0.15, 0.2) is 12.4 Å². The molecule has 0 bridgehead atoms. The van der Waals surface area contributed by atoms with Gasteiger partial charge in [-0.25, -0.2) is 0 Å². The molecular formula is C9H18ClN2OSiZn-. The van der Waals surface area contributed by atoms with Crippen LogP contribution in [0.4, 0.5) is 0 Å². The van der Waals surface area contributed by atoms with Crippen LogP contribution in [0.5, 0.6) is 0 Å². The van der Waals surface area contributed by atoms with E-state index in [0.29, 0.717) is 6.73 Å². The largest absolute Gasteiger partial charge is 0.433 e. The fourth-order valence-corrected chi connectivity index (χ4v) is 1.62. The zero-order valence-electron chi connectivity index (χ0n) is 9.69. The van der Waals surface area contributed by atoms with Gasteiger partial charge in [-0.05, 0) is 6.04 Å². The molecule has 0 fully saturated rings. The number of halogens is 1. The van der Waals surface area contributed by atoms with E-state index in [0.717, 1.165) is 6.61 Å². The van der Waals surface area contributed by atoms with Crippen LogP contribution in [0.3, 0.4) is 0 Å². The second-order valence-corrected chi connectivity index (χ2v) is 9.97. The smallest absolute Gasteiger partial charge is 0.102 e. The zero-order valence-corrected chi connectivity index (χ0v) is 14.5. The van der Waals surface area contributed by atoms with Gasteiger partial charge in [-0.1, -0.05) is 19.6 Å². The molecule has 0 aromatic carbocycles. The van der Waals surface area contributed by atoms with Crippen molar-refractivity contribution in [1.82, 2.24) is 9.55 Å². The molecule has 0 aliphatic heterocycles. The van der Waals surface area contributed by atoms with E-state index < -0.39 is 8.07 Å². The van der Waals surface area contributed by atoms with Crippen LogP contribution < -0.4 is 0 Å². The molecule has 1 rings (SSSR count). The first kappa shape index (κ1) is 17.7. The van der Waals surface area contributed by atoms with Crippen molar-refractivity contribution in [1.29, 1.82) is 0 Å². The summed E-state index contributed by atoms with van der Waals surface area (Å²) in [7, 11) is -0.939. The number of hydrogen-bond donors (Lipinski definition) is 0. The maximum Gasteiger partial charge on any atom is 0.102 e. The summed E-state index contributed by atoms with van der Waals surface area (Å²) in [4.78, 5) is 3.82. The van der Waals surface area contributed by atoms with Crippen LogP contribution in [0.2, 0.25) is 25.7 Å². The van der Waals surface area contributed by atoms with Crippen LogP contribution in [0.1, 0.15) is 0 Å². The van der Waals surface area contributed by atoms with Gasteiger partial charge in [-0.15, -0.1) is 24.8 Å². The Morgan fingerprint density at radius 1 is 1.40 bits per heavy atom. The van der Waals surface area contributed by atoms with Gasteiger partial charge in [0.1, 0.15) is 6.73 Å². The van der Waals surface area contributed by atoms with Crippen molar-refractivity contribution in [3.05, 3.63) is 18.7 Å². The van der Waals surface area contributed by atoms with E-state index in [4.69, 9.17) is 4.74 Å². The van der Waals surface area contributed by atoms with Crippen molar-refractivity contribution >= 4 is 20.5 Å². The van der Waals surface area contributed by atoms with E-state index in [9.17, 15) is 0 Å². The number of hydrogen-bond acceptors (Lipinski definition) is 2. The van der Waals surface area contributed by atoms with Crippen LogP contribution in [0.25, 0.3) is 0 Å². The summed E-state index contributed by atoms with van der Waals surface area (Å²) in [6.07, 6.45) is 6.35. The molecule has 0 unspecified atom stereocenters. The molecule has 1 aromatic heterocycles. The molecule has 0 atom stereocenters. The number of nitrogens with zero attached hydrogens (tertiary/aromatic N) is 2. The second-order valence-electron chi connectivity index (χ2n) is 4.35. The summed E-state index contributed by atoms with van der Waals surface area (Å²) < 4.78 is 7.29. The Morgan fingerprint density at radius 2 is 2.07 bits per heavy atom. The monoisotopic (exact) mass is 297 g/mol. The van der Waals surface area contributed by atoms with Crippen molar-refractivity contribution < 1.29 is 24.2 Å². The third-order valence-corrected chi connectivity index (χ3v) is 3.44. The molecule has 0 saturated heterocycles. The Balaban J connectivity index is 0. The third kappa shape index (κ3) is 9.24. The van der Waals surface area contributed by atoms with Gasteiger partial charge in [0.25, 0.3) is 0 Å². The van der Waals surface area contributed by atoms with Gasteiger partial charge in [0.05, 0.1) is 0 Å². The molecule has 0 N–H and O–H groups in total. The Labute approximate surface area is 112 Å². The van der Waals surface area contributed by atoms with Crippen molar-refractivity contribution in [3.8, 4) is 0 Å². The Bertz CT molecular complexity index is 239. The zero-order chi connectivity index (χ0) is 9.73. The fourth-order valence-electron chi connectivity index (χ4n) is 0.868. The van der Waals surface area contributed by atoms with Gasteiger partial charge in [0, 0.05) is 40.5 Å². The summed E-state index contributed by atoms with van der Waals surface area (Å²) in [5.41, 5.74) is 0. The Kier molecular flexibility index (Phi) is 9.97. The summed E-state index contributed by atoms with van der Waals surface area (Å²) >= 11 is 0. The standard InChI is InChI=1S/C9H17N2OSi.ClH.Zn/c1-13(2,3)7-6-12-9-11-5-4-10-8-11;;/h4-5H,6-7,9H2,1-3H3;1H;/q-1;;. The average Bonchev–Trinajstić information content (AvgIpc) is 2.48. The van der Waals surface area contributed by atoms with Crippen molar-refractivity contribution in [2.75, 3.05) is 6.61 Å². The molecule has 0 amide bonds. The van der Waals surface area contributed by atoms with E-state index >= 15 is 0 Å². The molecule has 1 aromatic rings. The average molecular weight is 299 g/mol. The quantitative estimate of drug-likeness (QED) is 0.474. The first-order valence-corrected chi connectivity index (χ1v) is 8.25. The SMILES string of the molecule is C[Si](C)(C)CCOCn1[c-]ncc1.Cl.[Zn]. The second kappa shape index (κ2) is 8.45. The van der Waals surface area contributed by atoms with Gasteiger partial charge in [-0.3, -0.25) is 0 Å². The van der Waals surface area contributed by atoms with Crippen molar-refractivity contribution in [3.63, 3.8) is 0 Å². The summed E-state index contributed by atoms with van der Waals surface area (Å²) in [5, 5.41) is 0. The minimum absolute atomic E-state index is 0. The number of rotatable bonds is 5. The van der Waals surface area contributed by atoms with Crippen LogP contribution in [-0.4, -0.2) is 24.2 Å². The molecule has 0 saturated carbocycles. The molecule has 6 heteroatoms. The molecular weight excluding hydrogens is 281 g/mol. The topological polar surface area (TPSA) is 27.1 Å². The number of aromatic nitrogens is 2. The van der Waals surface area contributed by atoms with E-state index in [1.54, 1.807) is 6.20 Å². The van der Waals surface area contributed by atoms with E-state index in [1.807, 2.05) is 10.8 Å². The molecule has 0 aliphatic carbocycles. The maximum absolute atomic E-state index is 5.48. The van der Waals surface area contributed by atoms with Crippen LogP contribution in [-0.2, 0) is 30.9 Å². The van der Waals surface area contributed by atoms with E-state index in [2.05, 4.69) is 31.0 Å². The minimum atomic E-state index is -0.939. The molecule has 3 nitrogen and oxygen atoms in total. The third-order valence-electron chi connectivity index (χ3n) is 1.73. The Morgan fingerprint density at radius 3 is 2.53 bits per heavy atom. The Hall–Kier alpha value is 0.300. The first-order chi connectivity index (χ1) is 6.08. The summed E-state index contributed by atoms with van der Waals surface area (Å²) in [5.74, 6) is 0. The molecule has 0 radical (unpaired) electrons. The summed E-state index contributed by atoms with van der Waals surface area (Å²) in [6.45, 7) is 8.46. The fraction of sp³-hybridized carbons (Fsp3) is 0.667. The van der Waals surface area contributed by atoms with Gasteiger partial charge < -0.3 is 14.3 Å². The molecule has 1 heterocycles. The van der Waals surface area contributed by atoms with Crippen LogP contribution >= 0.6 is 12.4 Å². The van der Waals surface area contributed by atoms with Gasteiger partial charge >= 0.3 is 0 Å². The molecule has 0 spiro atoms. The normalized spacial score (nSPS) is 10.3. The first-order valence-electron chi connectivity index (χ1n) is 4.54. The predicted molar refractivity (Wildman–Crippen MR) is 62.4 cm³/mol. The van der Waals surface area contributed by atoms with E-state index in [1.165, 1.54) is 6.04 Å². The number of ether oxygens (including phenoxy) is 1. The maximum atomic E-state index is 5.48. The molecule has 0 aliphatic rings. The molecule has 84 valence electrons. The van der Waals surface area contributed by atoms with Crippen molar-refractivity contribution in [2.24, 2.45) is 0 Å². The predicted octanol–water partition coefficient (Wildman–Crippen LogP) is 2.41. The van der Waals surface area contributed by atoms with Gasteiger partial charge in [-0.2, -0.15) is 0 Å².